The number of quaternary nitrogens is 3. The van der Waals surface area contributed by atoms with Crippen LogP contribution in [-0.4, -0.2) is 5.48 Å². The zero-order valence-electron chi connectivity index (χ0n) is 9.54. The van der Waals surface area contributed by atoms with Crippen molar-refractivity contribution in [2.24, 2.45) is 0 Å². The van der Waals surface area contributed by atoms with Gasteiger partial charge < -0.3 is 94.9 Å². The minimum atomic E-state index is 0. The van der Waals surface area contributed by atoms with E-state index < -0.39 is 0 Å². The van der Waals surface area contributed by atoms with Crippen LogP contribution in [0.1, 0.15) is 0 Å². The molecule has 0 fully saturated rings. The smallest absolute Gasteiger partial charge is 0.512 e. The van der Waals surface area contributed by atoms with Gasteiger partial charge in [-0.15, -0.1) is 0 Å². The molecule has 1 radical (unpaired) electrons. The van der Waals surface area contributed by atoms with Crippen molar-refractivity contribution in [3.05, 3.63) is 39.4 Å². The first-order valence-electron chi connectivity index (χ1n) is 1.34. The fourth-order valence-electron chi connectivity index (χ4n) is 0. The third kappa shape index (κ3) is 233. The zero-order valence-corrected chi connectivity index (χ0v) is 10.6. The van der Waals surface area contributed by atoms with E-state index in [0.717, 1.165) is 0 Å². The molecule has 0 rings (SSSR count). The monoisotopic (exact) mass is 284 g/mol. The van der Waals surface area contributed by atoms with Crippen LogP contribution in [0.5, 0.6) is 0 Å². The van der Waals surface area contributed by atoms with Gasteiger partial charge in [-0.3, -0.25) is 0 Å². The van der Waals surface area contributed by atoms with E-state index in [1.54, 1.807) is 0 Å². The number of nitrogens with zero attached hydrogens (tertiary/aromatic N) is 6. The third-order valence-corrected chi connectivity index (χ3v) is 0. The SMILES string of the molecule is O.[C-]#N.[C-]#N.[C-]#N.[C-]#N.[C-]#N.[C-]#N.[Fe+3].[NH4+].[NH4+].[NH4+]. The van der Waals surface area contributed by atoms with Crippen molar-refractivity contribution >= 4 is 0 Å². The molecule has 0 unspecified atom stereocenters. The fourth-order valence-corrected chi connectivity index (χ4v) is 0. The van der Waals surface area contributed by atoms with Crippen LogP contribution < -0.4 is 18.5 Å². The molecule has 11 heteroatoms. The second-order valence-corrected chi connectivity index (χ2v) is 0. The Kier molecular flexibility index (Phi) is 3770. The van der Waals surface area contributed by atoms with Gasteiger partial charge in [0.05, 0.1) is 0 Å². The molecular weight excluding hydrogens is 270 g/mol. The van der Waals surface area contributed by atoms with Crippen molar-refractivity contribution in [3.8, 4) is 0 Å². The second kappa shape index (κ2) is 276. The Morgan fingerprint density at radius 1 is 0.353 bits per heavy atom. The summed E-state index contributed by atoms with van der Waals surface area (Å²) in [6.45, 7) is 28.5. The summed E-state index contributed by atoms with van der Waals surface area (Å²) in [6.07, 6.45) is 0. The van der Waals surface area contributed by atoms with Crippen molar-refractivity contribution in [2.45, 2.75) is 0 Å². The Labute approximate surface area is 112 Å². The molecular formula is C6H14FeN9O. The average Bonchev–Trinajstić information content (AvgIpc) is 2.33. The minimum Gasteiger partial charge on any atom is -0.512 e. The van der Waals surface area contributed by atoms with Crippen LogP contribution in [0.25, 0.3) is 0 Å². The van der Waals surface area contributed by atoms with Crippen molar-refractivity contribution in [3.63, 3.8) is 0 Å². The van der Waals surface area contributed by atoms with E-state index in [0.29, 0.717) is 0 Å². The van der Waals surface area contributed by atoms with Gasteiger partial charge in [-0.05, 0) is 0 Å². The minimum absolute atomic E-state index is 0. The molecule has 0 spiro atoms. The van der Waals surface area contributed by atoms with Crippen LogP contribution in [0.4, 0.5) is 0 Å². The largest absolute Gasteiger partial charge is 3.00 e. The predicted octanol–water partition coefficient (Wildman–Crippen LogP) is 0.880. The molecule has 0 atom stereocenters. The molecule has 10 nitrogen and oxygen atoms in total. The van der Waals surface area contributed by atoms with Gasteiger partial charge in [0.1, 0.15) is 0 Å². The molecule has 0 aliphatic rings. The Morgan fingerprint density at radius 3 is 0.353 bits per heavy atom. The number of hydrogen-bond acceptors (Lipinski definition) is 6. The van der Waals surface area contributed by atoms with E-state index in [9.17, 15) is 0 Å². The molecule has 14 N–H and O–H groups in total. The summed E-state index contributed by atoms with van der Waals surface area (Å²) in [6, 6.07) is 0. The molecule has 0 saturated heterocycles. The van der Waals surface area contributed by atoms with Gasteiger partial charge in [0.25, 0.3) is 0 Å². The second-order valence-electron chi connectivity index (χ2n) is 0. The van der Waals surface area contributed by atoms with E-state index in [2.05, 4.69) is 0 Å². The Morgan fingerprint density at radius 2 is 0.353 bits per heavy atom. The van der Waals surface area contributed by atoms with Gasteiger partial charge in [0.15, 0.2) is 0 Å². The van der Waals surface area contributed by atoms with Crippen LogP contribution in [0.2, 0.25) is 0 Å². The van der Waals surface area contributed by atoms with Gasteiger partial charge in [0.2, 0.25) is 0 Å². The molecule has 0 aliphatic carbocycles. The van der Waals surface area contributed by atoms with Crippen molar-refractivity contribution < 1.29 is 22.5 Å². The van der Waals surface area contributed by atoms with Crippen molar-refractivity contribution in [1.82, 2.24) is 18.5 Å². The summed E-state index contributed by atoms with van der Waals surface area (Å²) >= 11 is 0. The quantitative estimate of drug-likeness (QED) is 0.427. The van der Waals surface area contributed by atoms with E-state index >= 15 is 0 Å². The van der Waals surface area contributed by atoms with E-state index in [4.69, 9.17) is 71.0 Å². The van der Waals surface area contributed by atoms with E-state index in [-0.39, 0.29) is 41.0 Å². The van der Waals surface area contributed by atoms with E-state index in [1.165, 1.54) is 0 Å². The molecule has 0 heterocycles. The van der Waals surface area contributed by atoms with Crippen LogP contribution >= 0.6 is 0 Å². The summed E-state index contributed by atoms with van der Waals surface area (Å²) in [5.74, 6) is 0. The maximum atomic E-state index is 6.25. The molecule has 0 bridgehead atoms. The maximum absolute atomic E-state index is 6.25. The van der Waals surface area contributed by atoms with Gasteiger partial charge in [0, 0.05) is 0 Å². The summed E-state index contributed by atoms with van der Waals surface area (Å²) in [4.78, 5) is 0. The summed E-state index contributed by atoms with van der Waals surface area (Å²) in [5.41, 5.74) is 0. The average molecular weight is 284 g/mol. The standard InChI is InChI=1S/6CN.Fe.3H3N.H2O/c6*1-2;;;;;/h;;;;;;;3*1H3;1H2/q6*-1;+3;;;;/p+3. The van der Waals surface area contributed by atoms with Gasteiger partial charge in [-0.2, -0.15) is 0 Å². The fraction of sp³-hybridized carbons (Fsp3) is 0. The molecule has 97 valence electrons. The van der Waals surface area contributed by atoms with Gasteiger partial charge in [-0.25, -0.2) is 0 Å². The molecule has 0 aromatic heterocycles. The van der Waals surface area contributed by atoms with E-state index in [1.807, 2.05) is 0 Å². The van der Waals surface area contributed by atoms with Crippen LogP contribution in [0.3, 0.4) is 0 Å². The molecule has 0 saturated carbocycles. The van der Waals surface area contributed by atoms with Crippen LogP contribution in [0, 0.1) is 71.0 Å². The molecule has 0 aliphatic heterocycles. The third-order valence-electron chi connectivity index (χ3n) is 0. The van der Waals surface area contributed by atoms with Gasteiger partial charge in [-0.1, -0.05) is 0 Å². The first-order chi connectivity index (χ1) is 6.00. The van der Waals surface area contributed by atoms with Crippen LogP contribution in [-0.2, 0) is 17.1 Å². The first kappa shape index (κ1) is 232. The Bertz CT molecular complexity index is 101. The van der Waals surface area contributed by atoms with Crippen molar-refractivity contribution in [2.75, 3.05) is 0 Å². The van der Waals surface area contributed by atoms with Crippen molar-refractivity contribution in [1.29, 1.82) is 31.6 Å². The van der Waals surface area contributed by atoms with Gasteiger partial charge >= 0.3 is 17.1 Å². The normalized spacial score (nSPS) is 0.706. The number of hydrogen-bond donors (Lipinski definition) is 3. The summed E-state index contributed by atoms with van der Waals surface area (Å²) in [7, 11) is 0. The zero-order chi connectivity index (χ0) is 12.0. The molecule has 0 amide bonds. The Balaban J connectivity index is -0.00000000267. The maximum Gasteiger partial charge on any atom is 3.00 e. The first-order valence-corrected chi connectivity index (χ1v) is 1.34. The Hall–Kier alpha value is -2.70. The van der Waals surface area contributed by atoms with Crippen LogP contribution in [0.15, 0.2) is 0 Å². The summed E-state index contributed by atoms with van der Waals surface area (Å²) in [5, 5.41) is 37.5. The summed E-state index contributed by atoms with van der Waals surface area (Å²) < 4.78 is 0. The predicted molar refractivity (Wildman–Crippen MR) is 51.4 cm³/mol. The number of rotatable bonds is 0. The topological polar surface area (TPSA) is 284 Å². The molecule has 0 aromatic carbocycles. The molecule has 0 aromatic rings. The molecule has 17 heavy (non-hydrogen) atoms.